The summed E-state index contributed by atoms with van der Waals surface area (Å²) in [6, 6.07) is 10.3. The molecule has 0 N–H and O–H groups in total. The summed E-state index contributed by atoms with van der Waals surface area (Å²) in [6.07, 6.45) is 1.86. The van der Waals surface area contributed by atoms with Crippen molar-refractivity contribution >= 4 is 0 Å². The molecule has 136 valence electrons. The van der Waals surface area contributed by atoms with Crippen molar-refractivity contribution in [3.8, 4) is 22.8 Å². The summed E-state index contributed by atoms with van der Waals surface area (Å²) in [7, 11) is 3.27. The number of aromatic nitrogens is 3. The predicted molar refractivity (Wildman–Crippen MR) is 98.2 cm³/mol. The zero-order valence-electron chi connectivity index (χ0n) is 15.4. The molecule has 6 heteroatoms. The Morgan fingerprint density at radius 1 is 1.04 bits per heavy atom. The quantitative estimate of drug-likeness (QED) is 0.662. The van der Waals surface area contributed by atoms with E-state index in [-0.39, 0.29) is 5.82 Å². The van der Waals surface area contributed by atoms with Gasteiger partial charge < -0.3 is 9.47 Å². The van der Waals surface area contributed by atoms with Crippen molar-refractivity contribution in [1.29, 1.82) is 0 Å². The van der Waals surface area contributed by atoms with E-state index in [1.807, 2.05) is 18.3 Å². The number of benzene rings is 2. The van der Waals surface area contributed by atoms with Crippen LogP contribution in [0.3, 0.4) is 0 Å². The van der Waals surface area contributed by atoms with Gasteiger partial charge in [0.15, 0.2) is 0 Å². The summed E-state index contributed by atoms with van der Waals surface area (Å²) >= 11 is 0. The van der Waals surface area contributed by atoms with Crippen molar-refractivity contribution in [3.63, 3.8) is 0 Å². The van der Waals surface area contributed by atoms with Crippen molar-refractivity contribution in [1.82, 2.24) is 15.0 Å². The van der Waals surface area contributed by atoms with E-state index in [0.717, 1.165) is 22.4 Å². The molecule has 0 aliphatic carbocycles. The Kier molecular flexibility index (Phi) is 5.21. The highest BCUT2D eigenvalue weighted by molar-refractivity contribution is 5.70. The second-order valence-corrected chi connectivity index (χ2v) is 6.38. The van der Waals surface area contributed by atoms with Crippen molar-refractivity contribution in [2.45, 2.75) is 26.3 Å². The molecule has 5 nitrogen and oxygen atoms in total. The lowest BCUT2D eigenvalue weighted by molar-refractivity contribution is 0.390. The third kappa shape index (κ3) is 3.69. The fraction of sp³-hybridized carbons (Fsp3) is 0.300. The average molecular weight is 355 g/mol. The van der Waals surface area contributed by atoms with E-state index in [1.165, 1.54) is 12.1 Å². The Morgan fingerprint density at radius 3 is 2.35 bits per heavy atom. The molecule has 0 unspecified atom stereocenters. The van der Waals surface area contributed by atoms with E-state index >= 15 is 0 Å². The number of hydrogen-bond acceptors (Lipinski definition) is 4. The van der Waals surface area contributed by atoms with Crippen molar-refractivity contribution in [2.75, 3.05) is 14.2 Å². The monoisotopic (exact) mass is 355 g/mol. The van der Waals surface area contributed by atoms with Crippen LogP contribution in [0.25, 0.3) is 11.3 Å². The lowest BCUT2D eigenvalue weighted by atomic mass is 9.97. The van der Waals surface area contributed by atoms with Crippen LogP contribution in [0.2, 0.25) is 0 Å². The SMILES string of the molecule is COc1cc(OC)c(C(C)C)cc1-c1cn(Cc2ccc(F)cc2)nn1. The van der Waals surface area contributed by atoms with Gasteiger partial charge in [-0.25, -0.2) is 9.07 Å². The first-order chi connectivity index (χ1) is 12.5. The van der Waals surface area contributed by atoms with E-state index in [9.17, 15) is 4.39 Å². The maximum Gasteiger partial charge on any atom is 0.132 e. The predicted octanol–water partition coefficient (Wildman–Crippen LogP) is 4.27. The van der Waals surface area contributed by atoms with Crippen LogP contribution >= 0.6 is 0 Å². The number of nitrogens with zero attached hydrogens (tertiary/aromatic N) is 3. The molecule has 0 aliphatic rings. The molecule has 1 aromatic heterocycles. The molecule has 3 aromatic rings. The largest absolute Gasteiger partial charge is 0.496 e. The minimum atomic E-state index is -0.253. The Bertz CT molecular complexity index is 889. The summed E-state index contributed by atoms with van der Waals surface area (Å²) in [4.78, 5) is 0. The first-order valence-electron chi connectivity index (χ1n) is 8.42. The lowest BCUT2D eigenvalue weighted by Gasteiger charge is -2.16. The van der Waals surface area contributed by atoms with Crippen LogP contribution in [0.1, 0.15) is 30.9 Å². The molecule has 0 aliphatic heterocycles. The molecule has 0 amide bonds. The lowest BCUT2D eigenvalue weighted by Crippen LogP contribution is -2.00. The highest BCUT2D eigenvalue weighted by atomic mass is 19.1. The topological polar surface area (TPSA) is 49.2 Å². The minimum Gasteiger partial charge on any atom is -0.496 e. The molecule has 0 saturated carbocycles. The van der Waals surface area contributed by atoms with Crippen LogP contribution in [0.5, 0.6) is 11.5 Å². The molecule has 1 heterocycles. The van der Waals surface area contributed by atoms with Gasteiger partial charge in [0.05, 0.1) is 27.0 Å². The van der Waals surface area contributed by atoms with Crippen molar-refractivity contribution < 1.29 is 13.9 Å². The zero-order valence-corrected chi connectivity index (χ0v) is 15.4. The van der Waals surface area contributed by atoms with Gasteiger partial charge in [-0.3, -0.25) is 0 Å². The van der Waals surface area contributed by atoms with Crippen LogP contribution in [0.15, 0.2) is 42.6 Å². The molecule has 26 heavy (non-hydrogen) atoms. The molecule has 0 fully saturated rings. The summed E-state index contributed by atoms with van der Waals surface area (Å²) < 4.78 is 25.8. The van der Waals surface area contributed by atoms with Crippen LogP contribution in [0.4, 0.5) is 4.39 Å². The normalized spacial score (nSPS) is 11.0. The molecule has 0 radical (unpaired) electrons. The number of rotatable bonds is 6. The van der Waals surface area contributed by atoms with E-state index in [1.54, 1.807) is 31.0 Å². The number of halogens is 1. The van der Waals surface area contributed by atoms with Gasteiger partial charge >= 0.3 is 0 Å². The fourth-order valence-corrected chi connectivity index (χ4v) is 2.85. The molecule has 0 spiro atoms. The zero-order chi connectivity index (χ0) is 18.7. The van der Waals surface area contributed by atoms with Gasteiger partial charge in [0, 0.05) is 11.6 Å². The van der Waals surface area contributed by atoms with E-state index < -0.39 is 0 Å². The van der Waals surface area contributed by atoms with Crippen LogP contribution in [-0.2, 0) is 6.54 Å². The summed E-state index contributed by atoms with van der Waals surface area (Å²) in [5.41, 5.74) is 3.61. The Morgan fingerprint density at radius 2 is 1.73 bits per heavy atom. The van der Waals surface area contributed by atoms with E-state index in [4.69, 9.17) is 9.47 Å². The third-order valence-corrected chi connectivity index (χ3v) is 4.25. The highest BCUT2D eigenvalue weighted by Gasteiger charge is 2.17. The van der Waals surface area contributed by atoms with Gasteiger partial charge in [0.2, 0.25) is 0 Å². The average Bonchev–Trinajstić information content (AvgIpc) is 3.10. The molecule has 0 bridgehead atoms. The van der Waals surface area contributed by atoms with Crippen LogP contribution < -0.4 is 9.47 Å². The Hall–Kier alpha value is -2.89. The number of ether oxygens (including phenoxy) is 2. The number of hydrogen-bond donors (Lipinski definition) is 0. The van der Waals surface area contributed by atoms with Crippen LogP contribution in [0, 0.1) is 5.82 Å². The molecular weight excluding hydrogens is 333 g/mol. The molecular formula is C20H22FN3O2. The summed E-state index contributed by atoms with van der Waals surface area (Å²) in [5, 5.41) is 8.47. The van der Waals surface area contributed by atoms with Gasteiger partial charge in [-0.1, -0.05) is 31.2 Å². The third-order valence-electron chi connectivity index (χ3n) is 4.25. The maximum absolute atomic E-state index is 13.0. The van der Waals surface area contributed by atoms with Crippen LogP contribution in [-0.4, -0.2) is 29.2 Å². The second-order valence-electron chi connectivity index (χ2n) is 6.38. The summed E-state index contributed by atoms with van der Waals surface area (Å²) in [6.45, 7) is 4.74. The van der Waals surface area contributed by atoms with Gasteiger partial charge in [-0.2, -0.15) is 0 Å². The minimum absolute atomic E-state index is 0.253. The van der Waals surface area contributed by atoms with Crippen molar-refractivity contribution in [3.05, 3.63) is 59.5 Å². The van der Waals surface area contributed by atoms with Gasteiger partial charge in [-0.05, 0) is 35.2 Å². The molecule has 2 aromatic carbocycles. The summed E-state index contributed by atoms with van der Waals surface area (Å²) in [5.74, 6) is 1.51. The smallest absolute Gasteiger partial charge is 0.132 e. The van der Waals surface area contributed by atoms with Gasteiger partial charge in [0.25, 0.3) is 0 Å². The molecule has 3 rings (SSSR count). The first kappa shape index (κ1) is 17.9. The fourth-order valence-electron chi connectivity index (χ4n) is 2.85. The molecule has 0 saturated heterocycles. The maximum atomic E-state index is 13.0. The molecule has 0 atom stereocenters. The Labute approximate surface area is 152 Å². The first-order valence-corrected chi connectivity index (χ1v) is 8.42. The number of methoxy groups -OCH3 is 2. The van der Waals surface area contributed by atoms with E-state index in [0.29, 0.717) is 23.9 Å². The Balaban J connectivity index is 1.95. The standard InChI is InChI=1S/C20H22FN3O2/c1-13(2)16-9-17(20(26-4)10-19(16)25-3)18-12-24(23-22-18)11-14-5-7-15(21)8-6-14/h5-10,12-13H,11H2,1-4H3. The van der Waals surface area contributed by atoms with E-state index in [2.05, 4.69) is 24.2 Å². The second kappa shape index (κ2) is 7.56. The highest BCUT2D eigenvalue weighted by Crippen LogP contribution is 2.38. The van der Waals surface area contributed by atoms with Gasteiger partial charge in [-0.15, -0.1) is 5.10 Å². The van der Waals surface area contributed by atoms with Gasteiger partial charge in [0.1, 0.15) is 23.0 Å². The van der Waals surface area contributed by atoms with Crippen molar-refractivity contribution in [2.24, 2.45) is 0 Å².